The molecule has 4 bridgehead atoms. The van der Waals surface area contributed by atoms with Gasteiger partial charge in [0.25, 0.3) is 0 Å². The van der Waals surface area contributed by atoms with E-state index in [4.69, 9.17) is 4.74 Å². The fourth-order valence-electron chi connectivity index (χ4n) is 5.08. The number of ether oxygens (including phenoxy) is 1. The van der Waals surface area contributed by atoms with Crippen LogP contribution in [0.4, 0.5) is 0 Å². The molecule has 18 heavy (non-hydrogen) atoms. The minimum absolute atomic E-state index is 0.582. The maximum atomic E-state index is 11.4. The Balaban J connectivity index is 1.75. The quantitative estimate of drug-likeness (QED) is 0.836. The number of hydrogen-bond donors (Lipinski definition) is 1. The Morgan fingerprint density at radius 3 is 2.06 bits per heavy atom. The third kappa shape index (κ3) is 1.87. The topological polar surface area (TPSA) is 46.5 Å². The maximum absolute atomic E-state index is 11.4. The van der Waals surface area contributed by atoms with E-state index in [1.807, 2.05) is 0 Å². The van der Waals surface area contributed by atoms with E-state index < -0.39 is 11.6 Å². The molecule has 4 aliphatic rings. The first kappa shape index (κ1) is 12.5. The first-order valence-electron chi connectivity index (χ1n) is 7.30. The van der Waals surface area contributed by atoms with Gasteiger partial charge in [0.05, 0.1) is 0 Å². The molecular formula is C15H24O3. The van der Waals surface area contributed by atoms with Gasteiger partial charge in [-0.3, -0.25) is 0 Å². The Hall–Kier alpha value is -0.570. The van der Waals surface area contributed by atoms with E-state index in [-0.39, 0.29) is 0 Å². The smallest absolute Gasteiger partial charge is 0.335 e. The van der Waals surface area contributed by atoms with Crippen molar-refractivity contribution in [3.05, 3.63) is 0 Å². The monoisotopic (exact) mass is 252 g/mol. The second-order valence-corrected chi connectivity index (χ2v) is 7.04. The Morgan fingerprint density at radius 1 is 1.17 bits per heavy atom. The summed E-state index contributed by atoms with van der Waals surface area (Å²) in [5.41, 5.74) is -0.986. The van der Waals surface area contributed by atoms with Crippen molar-refractivity contribution in [2.24, 2.45) is 29.6 Å². The zero-order chi connectivity index (χ0) is 12.9. The molecule has 3 heteroatoms. The van der Waals surface area contributed by atoms with Crippen molar-refractivity contribution in [2.75, 3.05) is 7.11 Å². The molecule has 0 spiro atoms. The molecule has 102 valence electrons. The summed E-state index contributed by atoms with van der Waals surface area (Å²) in [6.45, 7) is 1.74. The number of rotatable bonds is 4. The lowest BCUT2D eigenvalue weighted by atomic mass is 9.50. The third-order valence-corrected chi connectivity index (χ3v) is 5.95. The van der Waals surface area contributed by atoms with Gasteiger partial charge in [-0.25, -0.2) is 4.79 Å². The highest BCUT2D eigenvalue weighted by atomic mass is 16.5. The molecule has 0 aliphatic heterocycles. The maximum Gasteiger partial charge on any atom is 0.335 e. The van der Waals surface area contributed by atoms with E-state index >= 15 is 0 Å². The van der Waals surface area contributed by atoms with Gasteiger partial charge in [0.1, 0.15) is 0 Å². The number of carboxylic acids is 1. The van der Waals surface area contributed by atoms with E-state index in [0.717, 1.165) is 23.7 Å². The van der Waals surface area contributed by atoms with Gasteiger partial charge in [-0.05, 0) is 75.0 Å². The van der Waals surface area contributed by atoms with E-state index in [1.54, 1.807) is 6.92 Å². The van der Waals surface area contributed by atoms with Crippen molar-refractivity contribution in [1.29, 1.82) is 0 Å². The minimum atomic E-state index is -0.986. The zero-order valence-corrected chi connectivity index (χ0v) is 11.4. The van der Waals surface area contributed by atoms with Crippen molar-refractivity contribution in [1.82, 2.24) is 0 Å². The molecule has 0 radical (unpaired) electrons. The third-order valence-electron chi connectivity index (χ3n) is 5.95. The molecule has 0 amide bonds. The average Bonchev–Trinajstić information content (AvgIpc) is 2.32. The van der Waals surface area contributed by atoms with Crippen molar-refractivity contribution in [3.63, 3.8) is 0 Å². The lowest BCUT2D eigenvalue weighted by Gasteiger charge is -2.55. The summed E-state index contributed by atoms with van der Waals surface area (Å²) in [5, 5.41) is 9.36. The standard InChI is InChI=1S/C15H24O3/c1-15(18-2,14(16)17)8-13-11-4-9-3-10(6-11)7-12(13)5-9/h9-13H,3-8H2,1-2H3,(H,16,17). The highest BCUT2D eigenvalue weighted by Crippen LogP contribution is 2.58. The first-order valence-corrected chi connectivity index (χ1v) is 7.30. The van der Waals surface area contributed by atoms with E-state index in [9.17, 15) is 9.90 Å². The normalized spacial score (nSPS) is 44.9. The van der Waals surface area contributed by atoms with Crippen molar-refractivity contribution >= 4 is 5.97 Å². The van der Waals surface area contributed by atoms with Crippen molar-refractivity contribution in [2.45, 2.75) is 51.0 Å². The van der Waals surface area contributed by atoms with Crippen LogP contribution in [-0.4, -0.2) is 23.8 Å². The molecular weight excluding hydrogens is 228 g/mol. The van der Waals surface area contributed by atoms with Gasteiger partial charge < -0.3 is 9.84 Å². The number of carbonyl (C=O) groups is 1. The molecule has 3 nitrogen and oxygen atoms in total. The highest BCUT2D eigenvalue weighted by molar-refractivity contribution is 5.76. The van der Waals surface area contributed by atoms with Crippen LogP contribution in [0.25, 0.3) is 0 Å². The fraction of sp³-hybridized carbons (Fsp3) is 0.933. The molecule has 4 aliphatic carbocycles. The summed E-state index contributed by atoms with van der Waals surface area (Å²) in [6.07, 6.45) is 7.52. The molecule has 4 saturated carbocycles. The van der Waals surface area contributed by atoms with Crippen LogP contribution in [0.3, 0.4) is 0 Å². The van der Waals surface area contributed by atoms with Crippen molar-refractivity contribution in [3.8, 4) is 0 Å². The SMILES string of the molecule is COC(C)(CC1C2CC3CC(C2)CC1C3)C(=O)O. The highest BCUT2D eigenvalue weighted by Gasteiger charge is 2.51. The van der Waals surface area contributed by atoms with Gasteiger partial charge in [0.15, 0.2) is 5.60 Å². The van der Waals surface area contributed by atoms with Gasteiger partial charge in [0, 0.05) is 7.11 Å². The molecule has 0 aromatic rings. The van der Waals surface area contributed by atoms with E-state index in [2.05, 4.69) is 0 Å². The Bertz CT molecular complexity index is 324. The van der Waals surface area contributed by atoms with Gasteiger partial charge >= 0.3 is 5.97 Å². The minimum Gasteiger partial charge on any atom is -0.479 e. The molecule has 1 N–H and O–H groups in total. The summed E-state index contributed by atoms with van der Waals surface area (Å²) in [5.74, 6) is 3.22. The van der Waals surface area contributed by atoms with Crippen LogP contribution in [0.5, 0.6) is 0 Å². The number of hydrogen-bond acceptors (Lipinski definition) is 2. The lowest BCUT2D eigenvalue weighted by Crippen LogP contribution is -2.49. The predicted octanol–water partition coefficient (Wildman–Crippen LogP) is 2.94. The van der Waals surface area contributed by atoms with E-state index in [0.29, 0.717) is 12.3 Å². The zero-order valence-electron chi connectivity index (χ0n) is 11.4. The van der Waals surface area contributed by atoms with Crippen LogP contribution >= 0.6 is 0 Å². The predicted molar refractivity (Wildman–Crippen MR) is 68.2 cm³/mol. The van der Waals surface area contributed by atoms with Gasteiger partial charge in [-0.15, -0.1) is 0 Å². The Kier molecular flexibility index (Phi) is 2.92. The molecule has 0 aromatic heterocycles. The summed E-state index contributed by atoms with van der Waals surface area (Å²) in [4.78, 5) is 11.4. The van der Waals surface area contributed by atoms with Crippen LogP contribution in [0.1, 0.15) is 45.4 Å². The van der Waals surface area contributed by atoms with Gasteiger partial charge in [0.2, 0.25) is 0 Å². The molecule has 0 heterocycles. The molecule has 4 fully saturated rings. The average molecular weight is 252 g/mol. The number of methoxy groups -OCH3 is 1. The largest absolute Gasteiger partial charge is 0.479 e. The molecule has 0 aromatic carbocycles. The number of carboxylic acid groups (broad SMARTS) is 1. The second kappa shape index (κ2) is 4.22. The van der Waals surface area contributed by atoms with Gasteiger partial charge in [-0.1, -0.05) is 0 Å². The second-order valence-electron chi connectivity index (χ2n) is 7.04. The fourth-order valence-corrected chi connectivity index (χ4v) is 5.08. The number of aliphatic carboxylic acids is 1. The van der Waals surface area contributed by atoms with Gasteiger partial charge in [-0.2, -0.15) is 0 Å². The summed E-state index contributed by atoms with van der Waals surface area (Å²) in [6, 6.07) is 0. The summed E-state index contributed by atoms with van der Waals surface area (Å²) < 4.78 is 5.31. The Morgan fingerprint density at radius 2 is 1.67 bits per heavy atom. The Labute approximate surface area is 109 Å². The molecule has 0 saturated heterocycles. The molecule has 1 atom stereocenters. The lowest BCUT2D eigenvalue weighted by molar-refractivity contribution is -0.166. The van der Waals surface area contributed by atoms with Crippen LogP contribution in [-0.2, 0) is 9.53 Å². The molecule has 4 rings (SSSR count). The van der Waals surface area contributed by atoms with Crippen LogP contribution in [0.15, 0.2) is 0 Å². The first-order chi connectivity index (χ1) is 8.51. The van der Waals surface area contributed by atoms with Crippen molar-refractivity contribution < 1.29 is 14.6 Å². The van der Waals surface area contributed by atoms with Crippen LogP contribution in [0.2, 0.25) is 0 Å². The molecule has 1 unspecified atom stereocenters. The van der Waals surface area contributed by atoms with Crippen LogP contribution in [0, 0.1) is 29.6 Å². The summed E-state index contributed by atoms with van der Waals surface area (Å²) in [7, 11) is 1.53. The summed E-state index contributed by atoms with van der Waals surface area (Å²) >= 11 is 0. The van der Waals surface area contributed by atoms with E-state index in [1.165, 1.54) is 39.2 Å². The van der Waals surface area contributed by atoms with Crippen LogP contribution < -0.4 is 0 Å².